The van der Waals surface area contributed by atoms with E-state index in [9.17, 15) is 0 Å². The Morgan fingerprint density at radius 1 is 1.32 bits per heavy atom. The molecule has 2 aliphatic heterocycles. The van der Waals surface area contributed by atoms with Crippen LogP contribution in [0.15, 0.2) is 16.7 Å². The van der Waals surface area contributed by atoms with Gasteiger partial charge in [0.25, 0.3) is 0 Å². The van der Waals surface area contributed by atoms with E-state index < -0.39 is 0 Å². The van der Waals surface area contributed by atoms with Crippen LogP contribution in [0.3, 0.4) is 0 Å². The molecule has 0 radical (unpaired) electrons. The lowest BCUT2D eigenvalue weighted by Gasteiger charge is -2.32. The molecular weight excluding hydrogens is 304 g/mol. The maximum absolute atomic E-state index is 4.55. The van der Waals surface area contributed by atoms with E-state index in [4.69, 9.17) is 0 Å². The van der Waals surface area contributed by atoms with Crippen LogP contribution in [0.1, 0.15) is 12.0 Å². The number of aryl methyl sites for hydroxylation is 1. The Balaban J connectivity index is 1.69. The van der Waals surface area contributed by atoms with Gasteiger partial charge in [-0.2, -0.15) is 0 Å². The summed E-state index contributed by atoms with van der Waals surface area (Å²) in [7, 11) is 0. The van der Waals surface area contributed by atoms with Gasteiger partial charge in [0.1, 0.15) is 5.82 Å². The first-order valence-electron chi connectivity index (χ1n) is 7.06. The second-order valence-electron chi connectivity index (χ2n) is 5.44. The Labute approximate surface area is 123 Å². The van der Waals surface area contributed by atoms with Crippen molar-refractivity contribution >= 4 is 21.7 Å². The van der Waals surface area contributed by atoms with Crippen molar-refractivity contribution in [2.24, 2.45) is 0 Å². The molecule has 1 aromatic rings. The summed E-state index contributed by atoms with van der Waals surface area (Å²) < 4.78 is 1.15. The van der Waals surface area contributed by atoms with Crippen molar-refractivity contribution in [3.05, 3.63) is 22.3 Å². The molecule has 1 unspecified atom stereocenters. The Morgan fingerprint density at radius 2 is 2.11 bits per heavy atom. The Bertz CT molecular complexity index is 445. The predicted octanol–water partition coefficient (Wildman–Crippen LogP) is 1.64. The molecule has 104 valence electrons. The van der Waals surface area contributed by atoms with Gasteiger partial charge in [0.2, 0.25) is 0 Å². The predicted molar refractivity (Wildman–Crippen MR) is 81.7 cm³/mol. The van der Waals surface area contributed by atoms with Gasteiger partial charge in [0.05, 0.1) is 4.47 Å². The van der Waals surface area contributed by atoms with Gasteiger partial charge in [0, 0.05) is 51.5 Å². The molecule has 0 spiro atoms. The normalized spacial score (nSPS) is 24.9. The zero-order chi connectivity index (χ0) is 13.2. The number of aromatic nitrogens is 1. The van der Waals surface area contributed by atoms with Crippen molar-refractivity contribution in [3.8, 4) is 0 Å². The van der Waals surface area contributed by atoms with Crippen LogP contribution in [0.4, 0.5) is 5.82 Å². The van der Waals surface area contributed by atoms with Crippen LogP contribution < -0.4 is 10.2 Å². The highest BCUT2D eigenvalue weighted by Crippen LogP contribution is 2.30. The van der Waals surface area contributed by atoms with Gasteiger partial charge < -0.3 is 10.2 Å². The summed E-state index contributed by atoms with van der Waals surface area (Å²) in [6.07, 6.45) is 3.16. The van der Waals surface area contributed by atoms with Crippen molar-refractivity contribution in [3.63, 3.8) is 0 Å². The van der Waals surface area contributed by atoms with Crippen LogP contribution in [0.25, 0.3) is 0 Å². The molecule has 19 heavy (non-hydrogen) atoms. The van der Waals surface area contributed by atoms with E-state index in [1.165, 1.54) is 25.1 Å². The molecule has 4 nitrogen and oxygen atoms in total. The standard InChI is InChI=1S/C14H21BrN4/c1-11-2-4-17-14(13(11)15)19-7-3-12(10-19)18-8-5-16-6-9-18/h2,4,12,16H,3,5-10H2,1H3. The fraction of sp³-hybridized carbons (Fsp3) is 0.643. The molecule has 0 saturated carbocycles. The maximum atomic E-state index is 4.55. The summed E-state index contributed by atoms with van der Waals surface area (Å²) in [6.45, 7) is 8.96. The number of rotatable bonds is 2. The Hall–Kier alpha value is -0.650. The number of hydrogen-bond acceptors (Lipinski definition) is 4. The number of halogens is 1. The van der Waals surface area contributed by atoms with Gasteiger partial charge in [-0.05, 0) is 40.9 Å². The highest BCUT2D eigenvalue weighted by molar-refractivity contribution is 9.10. The minimum atomic E-state index is 0.691. The highest BCUT2D eigenvalue weighted by Gasteiger charge is 2.29. The SMILES string of the molecule is Cc1ccnc(N2CCC(N3CCNCC3)C2)c1Br. The second-order valence-corrected chi connectivity index (χ2v) is 6.23. The fourth-order valence-electron chi connectivity index (χ4n) is 3.03. The highest BCUT2D eigenvalue weighted by atomic mass is 79.9. The van der Waals surface area contributed by atoms with Crippen LogP contribution in [0.2, 0.25) is 0 Å². The monoisotopic (exact) mass is 324 g/mol. The summed E-state index contributed by atoms with van der Waals surface area (Å²) in [5.41, 5.74) is 1.26. The number of nitrogens with zero attached hydrogens (tertiary/aromatic N) is 3. The summed E-state index contributed by atoms with van der Waals surface area (Å²) in [4.78, 5) is 9.59. The first-order chi connectivity index (χ1) is 9.25. The van der Waals surface area contributed by atoms with Gasteiger partial charge in [-0.15, -0.1) is 0 Å². The minimum Gasteiger partial charge on any atom is -0.354 e. The molecule has 2 aliphatic rings. The molecule has 1 atom stereocenters. The first-order valence-corrected chi connectivity index (χ1v) is 7.86. The van der Waals surface area contributed by atoms with E-state index in [1.807, 2.05) is 6.20 Å². The topological polar surface area (TPSA) is 31.4 Å². The average molecular weight is 325 g/mol. The van der Waals surface area contributed by atoms with Crippen LogP contribution in [0.5, 0.6) is 0 Å². The van der Waals surface area contributed by atoms with Crippen LogP contribution in [-0.2, 0) is 0 Å². The van der Waals surface area contributed by atoms with Crippen molar-refractivity contribution in [1.82, 2.24) is 15.2 Å². The van der Waals surface area contributed by atoms with Gasteiger partial charge in [0.15, 0.2) is 0 Å². The van der Waals surface area contributed by atoms with E-state index in [1.54, 1.807) is 0 Å². The van der Waals surface area contributed by atoms with E-state index in [0.717, 1.165) is 36.5 Å². The third-order valence-corrected chi connectivity index (χ3v) is 5.17. The number of pyridine rings is 1. The number of nitrogens with one attached hydrogen (secondary N) is 1. The zero-order valence-electron chi connectivity index (χ0n) is 11.4. The summed E-state index contributed by atoms with van der Waals surface area (Å²) in [5.74, 6) is 1.11. The molecule has 0 aromatic carbocycles. The van der Waals surface area contributed by atoms with Crippen molar-refractivity contribution in [2.75, 3.05) is 44.2 Å². The van der Waals surface area contributed by atoms with E-state index in [-0.39, 0.29) is 0 Å². The Kier molecular flexibility index (Phi) is 4.05. The largest absolute Gasteiger partial charge is 0.354 e. The molecule has 1 aromatic heterocycles. The Morgan fingerprint density at radius 3 is 2.89 bits per heavy atom. The average Bonchev–Trinajstić information content (AvgIpc) is 2.92. The van der Waals surface area contributed by atoms with E-state index in [2.05, 4.69) is 49.0 Å². The molecule has 2 fully saturated rings. The third-order valence-electron chi connectivity index (χ3n) is 4.19. The third kappa shape index (κ3) is 2.78. The summed E-state index contributed by atoms with van der Waals surface area (Å²) >= 11 is 3.68. The number of piperazine rings is 1. The molecule has 1 N–H and O–H groups in total. The minimum absolute atomic E-state index is 0.691. The lowest BCUT2D eigenvalue weighted by molar-refractivity contribution is 0.185. The van der Waals surface area contributed by atoms with Gasteiger partial charge in [-0.1, -0.05) is 0 Å². The molecule has 3 heterocycles. The van der Waals surface area contributed by atoms with Crippen molar-refractivity contribution < 1.29 is 0 Å². The quantitative estimate of drug-likeness (QED) is 0.896. The molecular formula is C14H21BrN4. The number of hydrogen-bond donors (Lipinski definition) is 1. The first kappa shape index (κ1) is 13.3. The maximum Gasteiger partial charge on any atom is 0.143 e. The lowest BCUT2D eigenvalue weighted by Crippen LogP contribution is -2.49. The van der Waals surface area contributed by atoms with Crippen molar-refractivity contribution in [1.29, 1.82) is 0 Å². The molecule has 0 aliphatic carbocycles. The lowest BCUT2D eigenvalue weighted by atomic mass is 10.2. The molecule has 0 bridgehead atoms. The van der Waals surface area contributed by atoms with Crippen LogP contribution in [0, 0.1) is 6.92 Å². The van der Waals surface area contributed by atoms with Gasteiger partial charge in [-0.3, -0.25) is 4.90 Å². The fourth-order valence-corrected chi connectivity index (χ4v) is 3.51. The second kappa shape index (κ2) is 5.77. The molecule has 0 amide bonds. The van der Waals surface area contributed by atoms with E-state index >= 15 is 0 Å². The molecule has 3 rings (SSSR count). The number of anilines is 1. The molecule has 5 heteroatoms. The van der Waals surface area contributed by atoms with E-state index in [0.29, 0.717) is 6.04 Å². The van der Waals surface area contributed by atoms with Gasteiger partial charge >= 0.3 is 0 Å². The van der Waals surface area contributed by atoms with Gasteiger partial charge in [-0.25, -0.2) is 4.98 Å². The summed E-state index contributed by atoms with van der Waals surface area (Å²) in [5, 5.41) is 3.42. The zero-order valence-corrected chi connectivity index (χ0v) is 13.0. The van der Waals surface area contributed by atoms with Crippen LogP contribution in [-0.4, -0.2) is 55.2 Å². The van der Waals surface area contributed by atoms with Crippen molar-refractivity contribution in [2.45, 2.75) is 19.4 Å². The summed E-state index contributed by atoms with van der Waals surface area (Å²) in [6, 6.07) is 2.74. The smallest absolute Gasteiger partial charge is 0.143 e. The molecule has 2 saturated heterocycles. The van der Waals surface area contributed by atoms with Crippen LogP contribution >= 0.6 is 15.9 Å².